The Hall–Kier alpha value is -3.47. The van der Waals surface area contributed by atoms with Gasteiger partial charge in [0, 0.05) is 22.9 Å². The second-order valence-electron chi connectivity index (χ2n) is 8.92. The van der Waals surface area contributed by atoms with E-state index in [1.807, 2.05) is 57.2 Å². The summed E-state index contributed by atoms with van der Waals surface area (Å²) in [5.74, 6) is -0.0828. The minimum Gasteiger partial charge on any atom is -0.443 e. The van der Waals surface area contributed by atoms with Crippen LogP contribution in [-0.2, 0) is 16.0 Å². The van der Waals surface area contributed by atoms with E-state index in [-0.39, 0.29) is 11.6 Å². The molecule has 1 aliphatic carbocycles. The number of carbonyl (C=O) groups is 3. The van der Waals surface area contributed by atoms with Gasteiger partial charge in [0.2, 0.25) is 0 Å². The summed E-state index contributed by atoms with van der Waals surface area (Å²) in [6, 6.07) is 13.0. The van der Waals surface area contributed by atoms with E-state index in [0.29, 0.717) is 28.8 Å². The molecular weight excluding hydrogens is 390 g/mol. The van der Waals surface area contributed by atoms with Gasteiger partial charge in [-0.25, -0.2) is 9.36 Å². The monoisotopic (exact) mass is 415 g/mol. The van der Waals surface area contributed by atoms with E-state index >= 15 is 0 Å². The van der Waals surface area contributed by atoms with Gasteiger partial charge in [0.15, 0.2) is 11.6 Å². The Morgan fingerprint density at radius 1 is 0.968 bits per heavy atom. The largest absolute Gasteiger partial charge is 0.443 e. The highest BCUT2D eigenvalue weighted by Gasteiger charge is 2.30. The molecule has 1 heterocycles. The molecule has 1 aromatic heterocycles. The normalized spacial score (nSPS) is 13.1. The Labute approximate surface area is 181 Å². The second-order valence-corrected chi connectivity index (χ2v) is 8.92. The fraction of sp³-hybridized carbons (Fsp3) is 0.269. The third-order valence-corrected chi connectivity index (χ3v) is 5.42. The van der Waals surface area contributed by atoms with Gasteiger partial charge in [-0.3, -0.25) is 9.59 Å². The van der Waals surface area contributed by atoms with Crippen molar-refractivity contribution in [3.8, 4) is 11.3 Å². The minimum absolute atomic E-state index is 0.0245. The highest BCUT2D eigenvalue weighted by Crippen LogP contribution is 2.41. The van der Waals surface area contributed by atoms with Crippen LogP contribution in [0.1, 0.15) is 56.1 Å². The SMILES string of the molecule is CC(=O)C1=Cc2ccccc2-c2c(c3cc(C(C)=O)ccc3n2C(=O)OC(C)(C)C)C1. The number of nitrogens with zero attached hydrogens (tertiary/aromatic N) is 1. The Bertz CT molecular complexity index is 1280. The van der Waals surface area contributed by atoms with Crippen molar-refractivity contribution in [1.29, 1.82) is 0 Å². The van der Waals surface area contributed by atoms with Crippen molar-refractivity contribution in [3.63, 3.8) is 0 Å². The van der Waals surface area contributed by atoms with Crippen molar-refractivity contribution >= 4 is 34.6 Å². The molecule has 0 radical (unpaired) electrons. The smallest absolute Gasteiger partial charge is 0.419 e. The third-order valence-electron chi connectivity index (χ3n) is 5.42. The molecule has 0 bridgehead atoms. The number of Topliss-reactive ketones (excluding diaryl/α,β-unsaturated/α-hetero) is 2. The Kier molecular flexibility index (Phi) is 4.92. The summed E-state index contributed by atoms with van der Waals surface area (Å²) in [5.41, 5.74) is 4.45. The lowest BCUT2D eigenvalue weighted by molar-refractivity contribution is -0.113. The van der Waals surface area contributed by atoms with Crippen LogP contribution >= 0.6 is 0 Å². The van der Waals surface area contributed by atoms with Crippen LogP contribution in [0.2, 0.25) is 0 Å². The fourth-order valence-corrected chi connectivity index (χ4v) is 4.03. The van der Waals surface area contributed by atoms with E-state index in [9.17, 15) is 14.4 Å². The van der Waals surface area contributed by atoms with Crippen molar-refractivity contribution in [1.82, 2.24) is 4.57 Å². The van der Waals surface area contributed by atoms with Crippen molar-refractivity contribution in [2.45, 2.75) is 46.6 Å². The zero-order valence-corrected chi connectivity index (χ0v) is 18.4. The van der Waals surface area contributed by atoms with Gasteiger partial charge in [-0.05, 0) is 75.6 Å². The molecule has 0 saturated heterocycles. The quantitative estimate of drug-likeness (QED) is 0.495. The van der Waals surface area contributed by atoms with Crippen molar-refractivity contribution in [2.24, 2.45) is 0 Å². The van der Waals surface area contributed by atoms with Gasteiger partial charge < -0.3 is 4.74 Å². The number of fused-ring (bicyclic) bond motifs is 5. The molecule has 0 amide bonds. The number of allylic oxidation sites excluding steroid dienone is 1. The van der Waals surface area contributed by atoms with E-state index in [1.165, 1.54) is 6.92 Å². The van der Waals surface area contributed by atoms with Crippen LogP contribution in [0.25, 0.3) is 28.2 Å². The van der Waals surface area contributed by atoms with Crippen molar-refractivity contribution in [3.05, 3.63) is 64.7 Å². The maximum Gasteiger partial charge on any atom is 0.419 e. The van der Waals surface area contributed by atoms with Gasteiger partial charge in [-0.1, -0.05) is 24.3 Å². The summed E-state index contributed by atoms with van der Waals surface area (Å²) in [7, 11) is 0. The lowest BCUT2D eigenvalue weighted by Gasteiger charge is -2.21. The maximum atomic E-state index is 13.4. The number of ether oxygens (including phenoxy) is 1. The minimum atomic E-state index is -0.674. The number of hydrogen-bond acceptors (Lipinski definition) is 4. The zero-order valence-electron chi connectivity index (χ0n) is 18.4. The molecule has 0 aliphatic heterocycles. The number of hydrogen-bond donors (Lipinski definition) is 0. The molecule has 4 rings (SSSR count). The zero-order chi connectivity index (χ0) is 22.5. The molecule has 1 aliphatic rings. The third kappa shape index (κ3) is 3.72. The molecular formula is C26H25NO4. The molecule has 3 aromatic rings. The van der Waals surface area contributed by atoms with Gasteiger partial charge in [0.25, 0.3) is 0 Å². The van der Waals surface area contributed by atoms with Crippen LogP contribution in [0, 0.1) is 0 Å². The Balaban J connectivity index is 2.12. The van der Waals surface area contributed by atoms with Crippen molar-refractivity contribution in [2.75, 3.05) is 0 Å². The molecule has 158 valence electrons. The molecule has 0 fully saturated rings. The molecule has 0 atom stereocenters. The first-order valence-corrected chi connectivity index (χ1v) is 10.3. The molecule has 0 saturated carbocycles. The molecule has 2 aromatic carbocycles. The number of ketones is 2. The summed E-state index contributed by atoms with van der Waals surface area (Å²) < 4.78 is 7.32. The summed E-state index contributed by atoms with van der Waals surface area (Å²) in [4.78, 5) is 37.8. The first-order valence-electron chi connectivity index (χ1n) is 10.3. The number of aromatic nitrogens is 1. The average molecular weight is 415 g/mol. The molecule has 5 heteroatoms. The average Bonchev–Trinajstić information content (AvgIpc) is 2.89. The Morgan fingerprint density at radius 2 is 1.68 bits per heavy atom. The molecule has 31 heavy (non-hydrogen) atoms. The van der Waals surface area contributed by atoms with Gasteiger partial charge in [-0.2, -0.15) is 0 Å². The van der Waals surface area contributed by atoms with E-state index in [0.717, 1.165) is 22.1 Å². The molecule has 5 nitrogen and oxygen atoms in total. The number of benzene rings is 2. The van der Waals surface area contributed by atoms with E-state index in [2.05, 4.69) is 0 Å². The predicted octanol–water partition coefficient (Wildman–Crippen LogP) is 5.82. The molecule has 0 spiro atoms. The van der Waals surface area contributed by atoms with Gasteiger partial charge in [0.05, 0.1) is 11.2 Å². The van der Waals surface area contributed by atoms with Gasteiger partial charge >= 0.3 is 6.09 Å². The lowest BCUT2D eigenvalue weighted by atomic mass is 9.98. The summed E-state index contributed by atoms with van der Waals surface area (Å²) in [6.07, 6.45) is 1.76. The predicted molar refractivity (Wildman–Crippen MR) is 121 cm³/mol. The van der Waals surface area contributed by atoms with E-state index < -0.39 is 11.7 Å². The van der Waals surface area contributed by atoms with Crippen LogP contribution in [0.3, 0.4) is 0 Å². The first-order chi connectivity index (χ1) is 14.6. The van der Waals surface area contributed by atoms with Gasteiger partial charge in [0.1, 0.15) is 5.60 Å². The molecule has 0 unspecified atom stereocenters. The number of carbonyl (C=O) groups excluding carboxylic acids is 3. The van der Waals surface area contributed by atoms with Crippen LogP contribution < -0.4 is 0 Å². The van der Waals surface area contributed by atoms with E-state index in [1.54, 1.807) is 23.6 Å². The summed E-state index contributed by atoms with van der Waals surface area (Å²) >= 11 is 0. The summed E-state index contributed by atoms with van der Waals surface area (Å²) in [6.45, 7) is 8.54. The standard InChI is InChI=1S/C26H25NO4/c1-15(28)17-10-11-23-21(13-17)22-14-19(16(2)29)12-18-8-6-7-9-20(18)24(22)27(23)25(30)31-26(3,4)5/h6-13H,14H2,1-5H3. The maximum absolute atomic E-state index is 13.4. The number of rotatable bonds is 2. The first kappa shape index (κ1) is 20.8. The summed E-state index contributed by atoms with van der Waals surface area (Å²) in [5, 5.41) is 0.775. The van der Waals surface area contributed by atoms with Crippen molar-refractivity contribution < 1.29 is 19.1 Å². The Morgan fingerprint density at radius 3 is 2.32 bits per heavy atom. The highest BCUT2D eigenvalue weighted by molar-refractivity contribution is 6.08. The van der Waals surface area contributed by atoms with Gasteiger partial charge in [-0.15, -0.1) is 0 Å². The fourth-order valence-electron chi connectivity index (χ4n) is 4.03. The van der Waals surface area contributed by atoms with Crippen LogP contribution in [-0.4, -0.2) is 27.8 Å². The topological polar surface area (TPSA) is 65.4 Å². The van der Waals surface area contributed by atoms with Crippen LogP contribution in [0.5, 0.6) is 0 Å². The van der Waals surface area contributed by atoms with E-state index in [4.69, 9.17) is 4.74 Å². The molecule has 0 N–H and O–H groups in total. The van der Waals surface area contributed by atoms with Crippen LogP contribution in [0.4, 0.5) is 4.79 Å². The highest BCUT2D eigenvalue weighted by atomic mass is 16.6. The second kappa shape index (κ2) is 7.34. The lowest BCUT2D eigenvalue weighted by Crippen LogP contribution is -2.27. The van der Waals surface area contributed by atoms with Crippen LogP contribution in [0.15, 0.2) is 48.0 Å².